The van der Waals surface area contributed by atoms with Crippen molar-refractivity contribution >= 4 is 55.5 Å². The number of nitrogens with zero attached hydrogens (tertiary/aromatic N) is 2. The molecule has 0 aliphatic heterocycles. The highest BCUT2D eigenvalue weighted by Gasteiger charge is 2.20. The predicted molar refractivity (Wildman–Crippen MR) is 141 cm³/mol. The Morgan fingerprint density at radius 2 is 1.76 bits per heavy atom. The molecule has 4 aromatic carbocycles. The lowest BCUT2D eigenvalue weighted by molar-refractivity contribution is 0.102. The van der Waals surface area contributed by atoms with Crippen LogP contribution in [0.15, 0.2) is 81.9 Å². The average Bonchev–Trinajstić information content (AvgIpc) is 2.87. The molecule has 0 bridgehead atoms. The van der Waals surface area contributed by atoms with Crippen molar-refractivity contribution in [3.05, 3.63) is 82.9 Å². The third kappa shape index (κ3) is 5.56. The van der Waals surface area contributed by atoms with E-state index in [0.717, 1.165) is 12.1 Å². The summed E-state index contributed by atoms with van der Waals surface area (Å²) in [6, 6.07) is 17.5. The first-order valence-corrected chi connectivity index (χ1v) is 12.9. The van der Waals surface area contributed by atoms with Gasteiger partial charge in [0.2, 0.25) is 0 Å². The molecule has 11 heteroatoms. The van der Waals surface area contributed by atoms with Crippen LogP contribution in [0.5, 0.6) is 11.5 Å². The Morgan fingerprint density at radius 3 is 2.41 bits per heavy atom. The Morgan fingerprint density at radius 1 is 1.05 bits per heavy atom. The zero-order valence-corrected chi connectivity index (χ0v) is 21.3. The largest absolute Gasteiger partial charge is 0.505 e. The number of phenolic OH excluding ortho intramolecular Hbond substituents is 1. The van der Waals surface area contributed by atoms with Gasteiger partial charge in [-0.25, -0.2) is 0 Å². The fraction of sp³-hybridized carbons (Fsp3) is 0.115. The number of carbonyl (C=O) groups excluding carboxylic acids is 1. The zero-order valence-electron chi connectivity index (χ0n) is 19.8. The van der Waals surface area contributed by atoms with Crippen molar-refractivity contribution in [1.82, 2.24) is 0 Å². The Kier molecular flexibility index (Phi) is 7.44. The quantitative estimate of drug-likeness (QED) is 0.177. The number of carbonyl (C=O) groups is 1. The highest BCUT2D eigenvalue weighted by molar-refractivity contribution is 7.85. The summed E-state index contributed by atoms with van der Waals surface area (Å²) in [6.07, 6.45) is 0.399. The number of hydrogen-bond donors (Lipinski definition) is 3. The molecular formula is C26H22ClN3O6S. The number of nitrogens with one attached hydrogen (secondary N) is 1. The molecule has 37 heavy (non-hydrogen) atoms. The van der Waals surface area contributed by atoms with Crippen molar-refractivity contribution in [2.75, 3.05) is 12.4 Å². The smallest absolute Gasteiger partial charge is 0.294 e. The summed E-state index contributed by atoms with van der Waals surface area (Å²) in [4.78, 5) is 12.6. The highest BCUT2D eigenvalue weighted by atomic mass is 35.5. The molecule has 0 saturated heterocycles. The van der Waals surface area contributed by atoms with Crippen molar-refractivity contribution < 1.29 is 27.6 Å². The first kappa shape index (κ1) is 26.1. The first-order chi connectivity index (χ1) is 17.6. The number of ether oxygens (including phenoxy) is 1. The van der Waals surface area contributed by atoms with Gasteiger partial charge in [-0.05, 0) is 59.8 Å². The summed E-state index contributed by atoms with van der Waals surface area (Å²) in [5.41, 5.74) is 1.05. The molecule has 0 unspecified atom stereocenters. The summed E-state index contributed by atoms with van der Waals surface area (Å²) in [5.74, 6) is -0.363. The number of azo groups is 1. The van der Waals surface area contributed by atoms with Crippen LogP contribution in [0.3, 0.4) is 0 Å². The maximum atomic E-state index is 13.1. The molecule has 0 saturated carbocycles. The predicted octanol–water partition coefficient (Wildman–Crippen LogP) is 6.68. The van der Waals surface area contributed by atoms with E-state index in [9.17, 15) is 22.9 Å². The van der Waals surface area contributed by atoms with E-state index in [1.165, 1.54) is 13.2 Å². The van der Waals surface area contributed by atoms with E-state index >= 15 is 0 Å². The number of amides is 1. The standard InChI is InChI=1S/C26H22ClN3O6S/c1-3-19-22(27)13-18(37(33,34)35)14-23(19)29-30-24-20-7-5-4-6-15(20)12-21(25(24)31)26(32)28-16-8-10-17(36-2)11-9-16/h4-14,31H,3H2,1-2H3,(H,28,32)(H,33,34,35). The monoisotopic (exact) mass is 539 g/mol. The molecule has 0 spiro atoms. The van der Waals surface area contributed by atoms with Crippen LogP contribution in [0.25, 0.3) is 10.8 Å². The van der Waals surface area contributed by atoms with Gasteiger partial charge >= 0.3 is 0 Å². The molecule has 0 aromatic heterocycles. The molecule has 4 aromatic rings. The second kappa shape index (κ2) is 10.6. The third-order valence-electron chi connectivity index (χ3n) is 5.64. The molecule has 0 atom stereocenters. The topological polar surface area (TPSA) is 138 Å². The summed E-state index contributed by atoms with van der Waals surface area (Å²) in [6.45, 7) is 1.80. The number of fused-ring (bicyclic) bond motifs is 1. The fourth-order valence-corrected chi connectivity index (χ4v) is 4.69. The van der Waals surface area contributed by atoms with Gasteiger partial charge in [-0.2, -0.15) is 13.5 Å². The van der Waals surface area contributed by atoms with E-state index < -0.39 is 26.7 Å². The number of methoxy groups -OCH3 is 1. The third-order valence-corrected chi connectivity index (χ3v) is 6.81. The van der Waals surface area contributed by atoms with E-state index in [1.807, 2.05) is 0 Å². The Hall–Kier alpha value is -3.99. The number of phenols is 1. The van der Waals surface area contributed by atoms with E-state index in [0.29, 0.717) is 34.2 Å². The minimum atomic E-state index is -4.55. The SMILES string of the molecule is CCc1c(Cl)cc(S(=O)(=O)O)cc1N=Nc1c(O)c(C(=O)Nc2ccc(OC)cc2)cc2ccccc12. The van der Waals surface area contributed by atoms with Crippen molar-refractivity contribution in [2.24, 2.45) is 10.2 Å². The van der Waals surface area contributed by atoms with Gasteiger partial charge in [0.25, 0.3) is 16.0 Å². The molecule has 3 N–H and O–H groups in total. The molecule has 0 heterocycles. The summed E-state index contributed by atoms with van der Waals surface area (Å²) < 4.78 is 38.0. The van der Waals surface area contributed by atoms with Crippen molar-refractivity contribution in [3.63, 3.8) is 0 Å². The Bertz CT molecular complexity index is 1640. The second-order valence-corrected chi connectivity index (χ2v) is 9.79. The van der Waals surface area contributed by atoms with Crippen LogP contribution in [-0.2, 0) is 16.5 Å². The van der Waals surface area contributed by atoms with Crippen LogP contribution in [0.1, 0.15) is 22.8 Å². The van der Waals surface area contributed by atoms with Crippen LogP contribution in [-0.4, -0.2) is 31.1 Å². The van der Waals surface area contributed by atoms with Crippen molar-refractivity contribution in [1.29, 1.82) is 0 Å². The molecule has 1 amide bonds. The van der Waals surface area contributed by atoms with E-state index in [4.69, 9.17) is 16.3 Å². The maximum Gasteiger partial charge on any atom is 0.294 e. The summed E-state index contributed by atoms with van der Waals surface area (Å²) in [5, 5.41) is 23.4. The van der Waals surface area contributed by atoms with Gasteiger partial charge in [0.15, 0.2) is 5.75 Å². The Balaban J connectivity index is 1.81. The number of aromatic hydroxyl groups is 1. The second-order valence-electron chi connectivity index (χ2n) is 7.96. The number of hydrogen-bond acceptors (Lipinski definition) is 7. The zero-order chi connectivity index (χ0) is 26.7. The van der Waals surface area contributed by atoms with Crippen molar-refractivity contribution in [2.45, 2.75) is 18.2 Å². The summed E-state index contributed by atoms with van der Waals surface area (Å²) >= 11 is 6.22. The lowest BCUT2D eigenvalue weighted by Crippen LogP contribution is -2.12. The molecule has 0 radical (unpaired) electrons. The van der Waals surface area contributed by atoms with E-state index in [-0.39, 0.29) is 22.0 Å². The minimum absolute atomic E-state index is 0.00779. The first-order valence-electron chi connectivity index (χ1n) is 11.0. The molecule has 190 valence electrons. The number of anilines is 1. The molecule has 0 aliphatic rings. The lowest BCUT2D eigenvalue weighted by atomic mass is 10.0. The number of halogens is 1. The van der Waals surface area contributed by atoms with E-state index in [2.05, 4.69) is 15.5 Å². The van der Waals surface area contributed by atoms with Crippen LogP contribution in [0.4, 0.5) is 17.1 Å². The molecule has 9 nitrogen and oxygen atoms in total. The van der Waals surface area contributed by atoms with Gasteiger partial charge in [-0.15, -0.1) is 5.11 Å². The number of benzene rings is 4. The van der Waals surface area contributed by atoms with Gasteiger partial charge < -0.3 is 15.2 Å². The molecular weight excluding hydrogens is 518 g/mol. The van der Waals surface area contributed by atoms with Gasteiger partial charge in [-0.1, -0.05) is 42.8 Å². The van der Waals surface area contributed by atoms with Gasteiger partial charge in [0.05, 0.1) is 23.3 Å². The van der Waals surface area contributed by atoms with Crippen LogP contribution in [0, 0.1) is 0 Å². The molecule has 0 fully saturated rings. The minimum Gasteiger partial charge on any atom is -0.505 e. The van der Waals surface area contributed by atoms with Crippen LogP contribution < -0.4 is 10.1 Å². The maximum absolute atomic E-state index is 13.1. The van der Waals surface area contributed by atoms with Crippen molar-refractivity contribution in [3.8, 4) is 11.5 Å². The van der Waals surface area contributed by atoms with Gasteiger partial charge in [0.1, 0.15) is 11.4 Å². The molecule has 4 rings (SSSR count). The van der Waals surface area contributed by atoms with E-state index in [1.54, 1.807) is 55.5 Å². The normalized spacial score (nSPS) is 11.7. The van der Waals surface area contributed by atoms with Gasteiger partial charge in [-0.3, -0.25) is 9.35 Å². The summed E-state index contributed by atoms with van der Waals surface area (Å²) in [7, 11) is -3.01. The lowest BCUT2D eigenvalue weighted by Gasteiger charge is -2.12. The van der Waals surface area contributed by atoms with Crippen LogP contribution in [0.2, 0.25) is 5.02 Å². The molecule has 0 aliphatic carbocycles. The fourth-order valence-electron chi connectivity index (χ4n) is 3.75. The van der Waals surface area contributed by atoms with Crippen LogP contribution >= 0.6 is 11.6 Å². The Labute approximate surface area is 218 Å². The number of rotatable bonds is 7. The highest BCUT2D eigenvalue weighted by Crippen LogP contribution is 2.40. The average molecular weight is 540 g/mol. The van der Waals surface area contributed by atoms with Gasteiger partial charge in [0, 0.05) is 16.1 Å².